The fourth-order valence-electron chi connectivity index (χ4n) is 2.75. The number of aromatic amines is 1. The lowest BCUT2D eigenvalue weighted by molar-refractivity contribution is 0.660. The maximum Gasteiger partial charge on any atom is 0.294 e. The van der Waals surface area contributed by atoms with E-state index in [1.165, 1.54) is 5.56 Å². The van der Waals surface area contributed by atoms with Gasteiger partial charge in [-0.25, -0.2) is 4.98 Å². The van der Waals surface area contributed by atoms with Gasteiger partial charge in [0.25, 0.3) is 5.56 Å². The van der Waals surface area contributed by atoms with Crippen LogP contribution < -0.4 is 5.56 Å². The van der Waals surface area contributed by atoms with E-state index in [4.69, 9.17) is 16.0 Å². The van der Waals surface area contributed by atoms with Gasteiger partial charge in [-0.15, -0.1) is 11.8 Å². The van der Waals surface area contributed by atoms with Crippen LogP contribution in [-0.2, 0) is 5.75 Å². The van der Waals surface area contributed by atoms with Gasteiger partial charge in [-0.2, -0.15) is 0 Å². The summed E-state index contributed by atoms with van der Waals surface area (Å²) >= 11 is 7.64. The number of para-hydroxylation sites is 1. The van der Waals surface area contributed by atoms with Crippen molar-refractivity contribution >= 4 is 45.4 Å². The van der Waals surface area contributed by atoms with E-state index in [9.17, 15) is 4.79 Å². The Labute approximate surface area is 153 Å². The molecule has 2 aromatic carbocycles. The Bertz CT molecular complexity index is 1100. The topological polar surface area (TPSA) is 58.9 Å². The molecule has 0 bridgehead atoms. The molecular weight excluding hydrogens is 356 g/mol. The van der Waals surface area contributed by atoms with E-state index in [2.05, 4.69) is 16.9 Å². The van der Waals surface area contributed by atoms with E-state index >= 15 is 0 Å². The molecule has 4 rings (SSSR count). The molecule has 126 valence electrons. The summed E-state index contributed by atoms with van der Waals surface area (Å²) < 4.78 is 5.62. The Morgan fingerprint density at radius 1 is 1.20 bits per heavy atom. The summed E-state index contributed by atoms with van der Waals surface area (Å²) in [7, 11) is 0. The molecule has 0 spiro atoms. The fraction of sp³-hybridized carbons (Fsp3) is 0.158. The number of benzene rings is 2. The van der Waals surface area contributed by atoms with E-state index in [1.807, 2.05) is 48.5 Å². The third-order valence-corrected chi connectivity index (χ3v) is 5.55. The quantitative estimate of drug-likeness (QED) is 0.528. The van der Waals surface area contributed by atoms with Crippen LogP contribution in [0.15, 0.2) is 57.7 Å². The number of fused-ring (bicyclic) bond motifs is 3. The number of nitrogens with one attached hydrogen (secondary N) is 1. The Balaban J connectivity index is 1.62. The second-order valence-corrected chi connectivity index (χ2v) is 7.56. The monoisotopic (exact) mass is 370 g/mol. The number of hydrogen-bond donors (Lipinski definition) is 1. The van der Waals surface area contributed by atoms with Crippen molar-refractivity contribution in [2.75, 3.05) is 0 Å². The molecule has 2 heterocycles. The maximum absolute atomic E-state index is 12.3. The summed E-state index contributed by atoms with van der Waals surface area (Å²) in [5, 5.41) is 1.85. The number of halogens is 1. The lowest BCUT2D eigenvalue weighted by Gasteiger charge is -2.11. The molecule has 0 saturated heterocycles. The first kappa shape index (κ1) is 16.2. The van der Waals surface area contributed by atoms with Crippen LogP contribution in [0.1, 0.15) is 23.6 Å². The van der Waals surface area contributed by atoms with Crippen molar-refractivity contribution in [1.29, 1.82) is 0 Å². The molecule has 1 unspecified atom stereocenters. The molecule has 0 aliphatic carbocycles. The van der Waals surface area contributed by atoms with Crippen molar-refractivity contribution in [3.8, 4) is 0 Å². The Morgan fingerprint density at radius 2 is 1.96 bits per heavy atom. The third-order valence-electron chi connectivity index (χ3n) is 4.09. The van der Waals surface area contributed by atoms with Crippen LogP contribution in [0, 0.1) is 0 Å². The lowest BCUT2D eigenvalue weighted by atomic mass is 10.2. The smallest absolute Gasteiger partial charge is 0.294 e. The number of hydrogen-bond acceptors (Lipinski definition) is 4. The summed E-state index contributed by atoms with van der Waals surface area (Å²) in [5.74, 6) is 1.25. The average Bonchev–Trinajstić information content (AvgIpc) is 3.00. The van der Waals surface area contributed by atoms with Crippen LogP contribution in [0.25, 0.3) is 22.1 Å². The summed E-state index contributed by atoms with van der Waals surface area (Å²) in [4.78, 5) is 19.7. The minimum absolute atomic E-state index is 0.240. The zero-order chi connectivity index (χ0) is 17.4. The summed E-state index contributed by atoms with van der Waals surface area (Å²) in [6.45, 7) is 2.12. The highest BCUT2D eigenvalue weighted by atomic mass is 35.5. The van der Waals surface area contributed by atoms with Gasteiger partial charge in [0.1, 0.15) is 16.9 Å². The van der Waals surface area contributed by atoms with E-state index in [-0.39, 0.29) is 16.4 Å². The van der Waals surface area contributed by atoms with Crippen molar-refractivity contribution in [2.24, 2.45) is 0 Å². The minimum atomic E-state index is -0.240. The largest absolute Gasteiger partial charge is 0.449 e. The molecule has 0 aliphatic rings. The van der Waals surface area contributed by atoms with Gasteiger partial charge in [-0.05, 0) is 36.8 Å². The first-order valence-electron chi connectivity index (χ1n) is 7.89. The van der Waals surface area contributed by atoms with Gasteiger partial charge >= 0.3 is 0 Å². The lowest BCUT2D eigenvalue weighted by Crippen LogP contribution is -2.10. The van der Waals surface area contributed by atoms with E-state index in [1.54, 1.807) is 11.8 Å². The van der Waals surface area contributed by atoms with Gasteiger partial charge in [0.15, 0.2) is 0 Å². The van der Waals surface area contributed by atoms with Crippen LogP contribution in [0.2, 0.25) is 5.02 Å². The Hall–Kier alpha value is -2.24. The normalized spacial score (nSPS) is 12.7. The van der Waals surface area contributed by atoms with Gasteiger partial charge in [-0.3, -0.25) is 4.79 Å². The summed E-state index contributed by atoms with van der Waals surface area (Å²) in [6, 6.07) is 15.4. The summed E-state index contributed by atoms with van der Waals surface area (Å²) in [5.41, 5.74) is 2.52. The van der Waals surface area contributed by atoms with Crippen LogP contribution in [0.3, 0.4) is 0 Å². The molecule has 0 amide bonds. The molecular formula is C19H15ClN2O2S. The molecule has 6 heteroatoms. The number of thioether (sulfide) groups is 1. The van der Waals surface area contributed by atoms with Crippen molar-refractivity contribution in [3.05, 3.63) is 75.3 Å². The zero-order valence-corrected chi connectivity index (χ0v) is 15.0. The average molecular weight is 371 g/mol. The van der Waals surface area contributed by atoms with Crippen molar-refractivity contribution in [1.82, 2.24) is 9.97 Å². The predicted octanol–water partition coefficient (Wildman–Crippen LogP) is 5.32. The molecule has 2 aromatic heterocycles. The Kier molecular flexibility index (Phi) is 4.27. The van der Waals surface area contributed by atoms with Gasteiger partial charge < -0.3 is 9.40 Å². The predicted molar refractivity (Wildman–Crippen MR) is 103 cm³/mol. The SMILES string of the molecule is CC(SCc1nc2c(oc3ccccc32)c(=O)[nH]1)c1ccc(Cl)cc1. The number of aromatic nitrogens is 2. The maximum atomic E-state index is 12.3. The molecule has 1 atom stereocenters. The molecule has 1 N–H and O–H groups in total. The first-order valence-corrected chi connectivity index (χ1v) is 9.32. The van der Waals surface area contributed by atoms with E-state index in [0.29, 0.717) is 22.7 Å². The summed E-state index contributed by atoms with van der Waals surface area (Å²) in [6.07, 6.45) is 0. The standard InChI is InChI=1S/C19H15ClN2O2S/c1-11(12-6-8-13(20)9-7-12)25-10-16-21-17-14-4-2-3-5-15(14)24-18(17)19(23)22-16/h2-9,11H,10H2,1H3,(H,21,22,23). The number of rotatable bonds is 4. The van der Waals surface area contributed by atoms with Gasteiger partial charge in [0, 0.05) is 15.7 Å². The highest BCUT2D eigenvalue weighted by Gasteiger charge is 2.14. The van der Waals surface area contributed by atoms with Gasteiger partial charge in [0.2, 0.25) is 5.58 Å². The molecule has 0 saturated carbocycles. The third kappa shape index (κ3) is 3.17. The molecule has 0 radical (unpaired) electrons. The molecule has 4 aromatic rings. The van der Waals surface area contributed by atoms with Crippen molar-refractivity contribution in [3.63, 3.8) is 0 Å². The molecule has 25 heavy (non-hydrogen) atoms. The van der Waals surface area contributed by atoms with Crippen LogP contribution in [0.4, 0.5) is 0 Å². The minimum Gasteiger partial charge on any atom is -0.449 e. The number of furan rings is 1. The van der Waals surface area contributed by atoms with Crippen molar-refractivity contribution in [2.45, 2.75) is 17.9 Å². The van der Waals surface area contributed by atoms with Crippen LogP contribution >= 0.6 is 23.4 Å². The second-order valence-electron chi connectivity index (χ2n) is 5.79. The second kappa shape index (κ2) is 6.58. The number of H-pyrrole nitrogens is 1. The van der Waals surface area contributed by atoms with Crippen LogP contribution in [-0.4, -0.2) is 9.97 Å². The highest BCUT2D eigenvalue weighted by molar-refractivity contribution is 7.98. The zero-order valence-electron chi connectivity index (χ0n) is 13.5. The molecule has 4 nitrogen and oxygen atoms in total. The highest BCUT2D eigenvalue weighted by Crippen LogP contribution is 2.31. The molecule has 0 fully saturated rings. The first-order chi connectivity index (χ1) is 12.1. The van der Waals surface area contributed by atoms with E-state index < -0.39 is 0 Å². The van der Waals surface area contributed by atoms with Crippen molar-refractivity contribution < 1.29 is 4.42 Å². The number of nitrogens with zero attached hydrogens (tertiary/aromatic N) is 1. The van der Waals surface area contributed by atoms with Crippen LogP contribution in [0.5, 0.6) is 0 Å². The van der Waals surface area contributed by atoms with Gasteiger partial charge in [-0.1, -0.05) is 35.9 Å². The Morgan fingerprint density at radius 3 is 2.76 bits per heavy atom. The fourth-order valence-corrected chi connectivity index (χ4v) is 3.77. The van der Waals surface area contributed by atoms with Gasteiger partial charge in [0.05, 0.1) is 5.75 Å². The van der Waals surface area contributed by atoms with E-state index in [0.717, 1.165) is 10.4 Å². The molecule has 0 aliphatic heterocycles.